The van der Waals surface area contributed by atoms with Crippen molar-refractivity contribution in [3.63, 3.8) is 0 Å². The molecule has 0 fully saturated rings. The molecule has 88 valence electrons. The van der Waals surface area contributed by atoms with Gasteiger partial charge in [-0.2, -0.15) is 0 Å². The first kappa shape index (κ1) is 11.2. The van der Waals surface area contributed by atoms with E-state index in [1.807, 2.05) is 0 Å². The summed E-state index contributed by atoms with van der Waals surface area (Å²) in [5.41, 5.74) is 1.10. The zero-order valence-corrected chi connectivity index (χ0v) is 9.42. The lowest BCUT2D eigenvalue weighted by Crippen LogP contribution is -2.13. The second kappa shape index (κ2) is 4.29. The standard InChI is InChI=1S/C12H15FO3/c1-15-10-6-8(13)7-4-3-5-9(14)11(7)12(10)16-2/h6,9,14H,3-5H2,1-2H3. The fourth-order valence-corrected chi connectivity index (χ4v) is 2.25. The summed E-state index contributed by atoms with van der Waals surface area (Å²) >= 11 is 0. The summed E-state index contributed by atoms with van der Waals surface area (Å²) in [6.45, 7) is 0. The number of benzene rings is 1. The minimum atomic E-state index is -0.664. The molecule has 0 amide bonds. The number of methoxy groups -OCH3 is 2. The zero-order chi connectivity index (χ0) is 11.7. The molecular weight excluding hydrogens is 211 g/mol. The molecule has 1 aromatic rings. The van der Waals surface area contributed by atoms with E-state index in [1.165, 1.54) is 20.3 Å². The van der Waals surface area contributed by atoms with Crippen molar-refractivity contribution in [3.8, 4) is 11.5 Å². The van der Waals surface area contributed by atoms with Gasteiger partial charge in [-0.1, -0.05) is 0 Å². The number of rotatable bonds is 2. The molecule has 0 aliphatic heterocycles. The molecule has 3 nitrogen and oxygen atoms in total. The van der Waals surface area contributed by atoms with E-state index >= 15 is 0 Å². The van der Waals surface area contributed by atoms with Gasteiger partial charge in [0, 0.05) is 11.6 Å². The number of aliphatic hydroxyl groups is 1. The molecular formula is C12H15FO3. The van der Waals surface area contributed by atoms with Gasteiger partial charge in [0.05, 0.1) is 20.3 Å². The third kappa shape index (κ3) is 1.63. The predicted molar refractivity (Wildman–Crippen MR) is 57.4 cm³/mol. The maximum Gasteiger partial charge on any atom is 0.166 e. The lowest BCUT2D eigenvalue weighted by Gasteiger charge is -2.25. The Morgan fingerprint density at radius 1 is 1.38 bits per heavy atom. The van der Waals surface area contributed by atoms with Gasteiger partial charge in [0.15, 0.2) is 11.5 Å². The van der Waals surface area contributed by atoms with Crippen LogP contribution in [-0.2, 0) is 6.42 Å². The molecule has 16 heavy (non-hydrogen) atoms. The first-order chi connectivity index (χ1) is 7.69. The van der Waals surface area contributed by atoms with Crippen molar-refractivity contribution < 1.29 is 19.0 Å². The van der Waals surface area contributed by atoms with Gasteiger partial charge < -0.3 is 14.6 Å². The Labute approximate surface area is 93.8 Å². The molecule has 1 atom stereocenters. The Bertz CT molecular complexity index is 404. The molecule has 0 aromatic heterocycles. The second-order valence-corrected chi connectivity index (χ2v) is 3.89. The molecule has 2 rings (SSSR count). The molecule has 1 unspecified atom stereocenters. The molecule has 0 spiro atoms. The monoisotopic (exact) mass is 226 g/mol. The molecule has 1 aliphatic carbocycles. The number of hydrogen-bond acceptors (Lipinski definition) is 3. The Kier molecular flexibility index (Phi) is 3.01. The fourth-order valence-electron chi connectivity index (χ4n) is 2.25. The maximum atomic E-state index is 13.8. The molecule has 0 bridgehead atoms. The van der Waals surface area contributed by atoms with Crippen molar-refractivity contribution in [1.29, 1.82) is 0 Å². The summed E-state index contributed by atoms with van der Waals surface area (Å²) < 4.78 is 24.0. The van der Waals surface area contributed by atoms with Crippen LogP contribution in [0.4, 0.5) is 4.39 Å². The van der Waals surface area contributed by atoms with Gasteiger partial charge in [0.25, 0.3) is 0 Å². The Morgan fingerprint density at radius 2 is 2.12 bits per heavy atom. The van der Waals surface area contributed by atoms with Crippen molar-refractivity contribution in [3.05, 3.63) is 23.0 Å². The van der Waals surface area contributed by atoms with Crippen LogP contribution in [0.3, 0.4) is 0 Å². The van der Waals surface area contributed by atoms with Gasteiger partial charge in [-0.15, -0.1) is 0 Å². The Hall–Kier alpha value is -1.29. The summed E-state index contributed by atoms with van der Waals surface area (Å²) in [7, 11) is 2.95. The van der Waals surface area contributed by atoms with E-state index in [-0.39, 0.29) is 5.82 Å². The van der Waals surface area contributed by atoms with Crippen molar-refractivity contribution in [2.75, 3.05) is 14.2 Å². The van der Waals surface area contributed by atoms with Crippen LogP contribution in [0.25, 0.3) is 0 Å². The van der Waals surface area contributed by atoms with E-state index in [2.05, 4.69) is 0 Å². The van der Waals surface area contributed by atoms with E-state index in [1.54, 1.807) is 0 Å². The highest BCUT2D eigenvalue weighted by Crippen LogP contribution is 2.43. The van der Waals surface area contributed by atoms with Crippen molar-refractivity contribution in [2.24, 2.45) is 0 Å². The number of hydrogen-bond donors (Lipinski definition) is 1. The molecule has 1 N–H and O–H groups in total. The molecule has 0 saturated heterocycles. The molecule has 0 saturated carbocycles. The van der Waals surface area contributed by atoms with Crippen LogP contribution >= 0.6 is 0 Å². The first-order valence-corrected chi connectivity index (χ1v) is 5.30. The van der Waals surface area contributed by atoms with Crippen molar-refractivity contribution in [2.45, 2.75) is 25.4 Å². The van der Waals surface area contributed by atoms with Gasteiger partial charge in [-0.3, -0.25) is 0 Å². The van der Waals surface area contributed by atoms with Crippen LogP contribution < -0.4 is 9.47 Å². The summed E-state index contributed by atoms with van der Waals surface area (Å²) in [5.74, 6) is 0.456. The highest BCUT2D eigenvalue weighted by Gasteiger charge is 2.27. The van der Waals surface area contributed by atoms with Gasteiger partial charge in [-0.25, -0.2) is 4.39 Å². The topological polar surface area (TPSA) is 38.7 Å². The lowest BCUT2D eigenvalue weighted by molar-refractivity contribution is 0.150. The largest absolute Gasteiger partial charge is 0.493 e. The molecule has 0 heterocycles. The SMILES string of the molecule is COc1cc(F)c2c(c1OC)C(O)CCC2. The third-order valence-corrected chi connectivity index (χ3v) is 3.00. The molecule has 4 heteroatoms. The molecule has 0 radical (unpaired) electrons. The summed E-state index contributed by atoms with van der Waals surface area (Å²) in [6.07, 6.45) is 1.40. The highest BCUT2D eigenvalue weighted by molar-refractivity contribution is 5.53. The van der Waals surface area contributed by atoms with Crippen LogP contribution in [-0.4, -0.2) is 19.3 Å². The second-order valence-electron chi connectivity index (χ2n) is 3.89. The van der Waals surface area contributed by atoms with Crippen LogP contribution in [0, 0.1) is 5.82 Å². The van der Waals surface area contributed by atoms with E-state index in [0.717, 1.165) is 6.42 Å². The third-order valence-electron chi connectivity index (χ3n) is 3.00. The van der Waals surface area contributed by atoms with Gasteiger partial charge >= 0.3 is 0 Å². The van der Waals surface area contributed by atoms with Crippen LogP contribution in [0.1, 0.15) is 30.1 Å². The van der Waals surface area contributed by atoms with Crippen molar-refractivity contribution in [1.82, 2.24) is 0 Å². The average Bonchev–Trinajstić information content (AvgIpc) is 2.29. The van der Waals surface area contributed by atoms with Crippen LogP contribution in [0.2, 0.25) is 0 Å². The highest BCUT2D eigenvalue weighted by atomic mass is 19.1. The summed E-state index contributed by atoms with van der Waals surface area (Å²) in [5, 5.41) is 9.92. The van der Waals surface area contributed by atoms with E-state index < -0.39 is 6.10 Å². The Balaban J connectivity index is 2.65. The predicted octanol–water partition coefficient (Wildman–Crippen LogP) is 2.21. The van der Waals surface area contributed by atoms with Gasteiger partial charge in [0.1, 0.15) is 5.82 Å². The van der Waals surface area contributed by atoms with Crippen LogP contribution in [0.15, 0.2) is 6.07 Å². The van der Waals surface area contributed by atoms with E-state index in [4.69, 9.17) is 9.47 Å². The van der Waals surface area contributed by atoms with E-state index in [0.29, 0.717) is 35.5 Å². The minimum Gasteiger partial charge on any atom is -0.493 e. The fraction of sp³-hybridized carbons (Fsp3) is 0.500. The first-order valence-electron chi connectivity index (χ1n) is 5.30. The van der Waals surface area contributed by atoms with Gasteiger partial charge in [-0.05, 0) is 24.8 Å². The van der Waals surface area contributed by atoms with Gasteiger partial charge in [0.2, 0.25) is 0 Å². The molecule has 1 aliphatic rings. The summed E-state index contributed by atoms with van der Waals surface area (Å²) in [6, 6.07) is 1.32. The number of fused-ring (bicyclic) bond motifs is 1. The summed E-state index contributed by atoms with van der Waals surface area (Å²) in [4.78, 5) is 0. The van der Waals surface area contributed by atoms with Crippen molar-refractivity contribution >= 4 is 0 Å². The average molecular weight is 226 g/mol. The normalized spacial score (nSPS) is 19.1. The number of aliphatic hydroxyl groups excluding tert-OH is 1. The minimum absolute atomic E-state index is 0.327. The van der Waals surface area contributed by atoms with Crippen LogP contribution in [0.5, 0.6) is 11.5 Å². The number of ether oxygens (including phenoxy) is 2. The lowest BCUT2D eigenvalue weighted by atomic mass is 9.88. The molecule has 1 aromatic carbocycles. The maximum absolute atomic E-state index is 13.8. The quantitative estimate of drug-likeness (QED) is 0.840. The smallest absolute Gasteiger partial charge is 0.166 e. The zero-order valence-electron chi connectivity index (χ0n) is 9.42. The number of halogens is 1. The van der Waals surface area contributed by atoms with E-state index in [9.17, 15) is 9.50 Å². The Morgan fingerprint density at radius 3 is 2.75 bits per heavy atom.